The van der Waals surface area contributed by atoms with E-state index in [9.17, 15) is 4.79 Å². The summed E-state index contributed by atoms with van der Waals surface area (Å²) in [5.41, 5.74) is 2.43. The highest BCUT2D eigenvalue weighted by molar-refractivity contribution is 5.83. The van der Waals surface area contributed by atoms with Gasteiger partial charge in [0.2, 0.25) is 0 Å². The lowest BCUT2D eigenvalue weighted by molar-refractivity contribution is 0.228. The Morgan fingerprint density at radius 1 is 1.36 bits per heavy atom. The number of fused-ring (bicyclic) bond motifs is 1. The minimum Gasteiger partial charge on any atom is -0.396 e. The Bertz CT molecular complexity index is 594. The number of carbonyl (C=O) groups excluding carboxylic acids is 1. The molecule has 0 saturated heterocycles. The molecular weight excluding hydrogens is 278 g/mol. The molecule has 1 unspecified atom stereocenters. The molecule has 2 rings (SSSR count). The van der Waals surface area contributed by atoms with Gasteiger partial charge in [0.1, 0.15) is 0 Å². The molecule has 2 aromatic rings. The average molecular weight is 303 g/mol. The van der Waals surface area contributed by atoms with E-state index in [0.29, 0.717) is 13.0 Å². The van der Waals surface area contributed by atoms with Crippen molar-refractivity contribution in [1.82, 2.24) is 15.6 Å². The SMILES string of the molecule is CCC(CCO)NC(=O)NCCCc1c[nH]c2ccccc12. The van der Waals surface area contributed by atoms with Crippen molar-refractivity contribution in [3.05, 3.63) is 36.0 Å². The molecule has 2 amide bonds. The lowest BCUT2D eigenvalue weighted by atomic mass is 10.1. The largest absolute Gasteiger partial charge is 0.396 e. The third-order valence-electron chi connectivity index (χ3n) is 3.89. The predicted molar refractivity (Wildman–Crippen MR) is 88.9 cm³/mol. The van der Waals surface area contributed by atoms with Gasteiger partial charge in [0.15, 0.2) is 0 Å². The van der Waals surface area contributed by atoms with Crippen molar-refractivity contribution in [2.75, 3.05) is 13.2 Å². The van der Waals surface area contributed by atoms with Gasteiger partial charge in [0, 0.05) is 36.3 Å². The van der Waals surface area contributed by atoms with E-state index < -0.39 is 0 Å². The van der Waals surface area contributed by atoms with Crippen molar-refractivity contribution in [3.63, 3.8) is 0 Å². The summed E-state index contributed by atoms with van der Waals surface area (Å²) in [6.07, 6.45) is 5.28. The van der Waals surface area contributed by atoms with Gasteiger partial charge >= 0.3 is 6.03 Å². The molecule has 1 aromatic heterocycles. The number of rotatable bonds is 8. The lowest BCUT2D eigenvalue weighted by Crippen LogP contribution is -2.42. The molecule has 0 aliphatic rings. The normalized spacial score (nSPS) is 12.3. The van der Waals surface area contributed by atoms with Crippen LogP contribution >= 0.6 is 0 Å². The van der Waals surface area contributed by atoms with Crippen molar-refractivity contribution < 1.29 is 9.90 Å². The Kier molecular flexibility index (Phi) is 6.27. The van der Waals surface area contributed by atoms with Crippen LogP contribution in [0.2, 0.25) is 0 Å². The summed E-state index contributed by atoms with van der Waals surface area (Å²) < 4.78 is 0. The summed E-state index contributed by atoms with van der Waals surface area (Å²) in [7, 11) is 0. The minimum absolute atomic E-state index is 0.0404. The number of carbonyl (C=O) groups is 1. The number of H-pyrrole nitrogens is 1. The molecule has 22 heavy (non-hydrogen) atoms. The van der Waals surface area contributed by atoms with Crippen LogP contribution in [0.4, 0.5) is 4.79 Å². The van der Waals surface area contributed by atoms with Crippen LogP contribution in [-0.4, -0.2) is 35.3 Å². The summed E-state index contributed by atoms with van der Waals surface area (Å²) in [6.45, 7) is 2.73. The predicted octanol–water partition coefficient (Wildman–Crippen LogP) is 2.56. The monoisotopic (exact) mass is 303 g/mol. The maximum Gasteiger partial charge on any atom is 0.315 e. The molecule has 0 fully saturated rings. The van der Waals surface area contributed by atoms with Gasteiger partial charge in [-0.25, -0.2) is 4.79 Å². The number of aromatic amines is 1. The fourth-order valence-corrected chi connectivity index (χ4v) is 2.59. The summed E-state index contributed by atoms with van der Waals surface area (Å²) >= 11 is 0. The van der Waals surface area contributed by atoms with E-state index >= 15 is 0 Å². The number of hydrogen-bond acceptors (Lipinski definition) is 2. The van der Waals surface area contributed by atoms with E-state index in [4.69, 9.17) is 5.11 Å². The van der Waals surface area contributed by atoms with Crippen molar-refractivity contribution in [2.24, 2.45) is 0 Å². The summed E-state index contributed by atoms with van der Waals surface area (Å²) in [6, 6.07) is 8.12. The van der Waals surface area contributed by atoms with E-state index in [1.54, 1.807) is 0 Å². The lowest BCUT2D eigenvalue weighted by Gasteiger charge is -2.16. The van der Waals surface area contributed by atoms with Crippen LogP contribution in [0.3, 0.4) is 0 Å². The van der Waals surface area contributed by atoms with E-state index in [-0.39, 0.29) is 18.7 Å². The van der Waals surface area contributed by atoms with Crippen LogP contribution < -0.4 is 10.6 Å². The second-order valence-corrected chi connectivity index (χ2v) is 5.48. The quantitative estimate of drug-likeness (QED) is 0.566. The maximum atomic E-state index is 11.8. The first-order valence-electron chi connectivity index (χ1n) is 7.94. The molecule has 5 nitrogen and oxygen atoms in total. The van der Waals surface area contributed by atoms with Gasteiger partial charge in [0.25, 0.3) is 0 Å². The zero-order valence-corrected chi connectivity index (χ0v) is 13.1. The van der Waals surface area contributed by atoms with Crippen LogP contribution in [-0.2, 0) is 6.42 Å². The number of hydrogen-bond donors (Lipinski definition) is 4. The van der Waals surface area contributed by atoms with Crippen LogP contribution in [0.1, 0.15) is 31.7 Å². The second kappa shape index (κ2) is 8.44. The highest BCUT2D eigenvalue weighted by atomic mass is 16.3. The standard InChI is InChI=1S/C17H25N3O2/c1-2-14(9-11-21)20-17(22)18-10-5-6-13-12-19-16-8-4-3-7-15(13)16/h3-4,7-8,12,14,19,21H,2,5-6,9-11H2,1H3,(H2,18,20,22). The summed E-state index contributed by atoms with van der Waals surface area (Å²) in [5, 5.41) is 15.9. The molecule has 4 N–H and O–H groups in total. The molecule has 1 aromatic carbocycles. The first-order valence-corrected chi connectivity index (χ1v) is 7.94. The number of aliphatic hydroxyl groups excluding tert-OH is 1. The number of amides is 2. The Balaban J connectivity index is 1.72. The van der Waals surface area contributed by atoms with Crippen LogP contribution in [0, 0.1) is 0 Å². The number of aryl methyl sites for hydroxylation is 1. The Morgan fingerprint density at radius 2 is 2.18 bits per heavy atom. The fourth-order valence-electron chi connectivity index (χ4n) is 2.59. The molecule has 120 valence electrons. The molecule has 1 atom stereocenters. The van der Waals surface area contributed by atoms with Crippen molar-refractivity contribution in [2.45, 2.75) is 38.6 Å². The molecule has 0 radical (unpaired) electrons. The molecule has 0 aliphatic carbocycles. The zero-order chi connectivity index (χ0) is 15.8. The van der Waals surface area contributed by atoms with Gasteiger partial charge in [-0.05, 0) is 37.3 Å². The van der Waals surface area contributed by atoms with Crippen LogP contribution in [0.15, 0.2) is 30.5 Å². The summed E-state index contributed by atoms with van der Waals surface area (Å²) in [4.78, 5) is 15.0. The average Bonchev–Trinajstić information content (AvgIpc) is 2.94. The number of para-hydroxylation sites is 1. The Labute approximate surface area is 131 Å². The van der Waals surface area contributed by atoms with E-state index in [2.05, 4.69) is 27.8 Å². The third kappa shape index (κ3) is 4.49. The number of aromatic nitrogens is 1. The molecule has 1 heterocycles. The highest BCUT2D eigenvalue weighted by Crippen LogP contribution is 2.18. The topological polar surface area (TPSA) is 77.2 Å². The maximum absolute atomic E-state index is 11.8. The molecule has 0 aliphatic heterocycles. The van der Waals surface area contributed by atoms with Gasteiger partial charge in [-0.2, -0.15) is 0 Å². The van der Waals surface area contributed by atoms with Gasteiger partial charge in [-0.15, -0.1) is 0 Å². The molecule has 0 bridgehead atoms. The fraction of sp³-hybridized carbons (Fsp3) is 0.471. The van der Waals surface area contributed by atoms with Gasteiger partial charge in [0.05, 0.1) is 0 Å². The third-order valence-corrected chi connectivity index (χ3v) is 3.89. The van der Waals surface area contributed by atoms with Crippen molar-refractivity contribution in [1.29, 1.82) is 0 Å². The zero-order valence-electron chi connectivity index (χ0n) is 13.1. The molecule has 0 spiro atoms. The van der Waals surface area contributed by atoms with E-state index in [1.165, 1.54) is 10.9 Å². The minimum atomic E-state index is -0.153. The van der Waals surface area contributed by atoms with Crippen molar-refractivity contribution in [3.8, 4) is 0 Å². The van der Waals surface area contributed by atoms with Gasteiger partial charge in [-0.3, -0.25) is 0 Å². The van der Waals surface area contributed by atoms with E-state index in [1.807, 2.05) is 25.3 Å². The first-order chi connectivity index (χ1) is 10.7. The number of aliphatic hydroxyl groups is 1. The Hall–Kier alpha value is -2.01. The summed E-state index contributed by atoms with van der Waals surface area (Å²) in [5.74, 6) is 0. The highest BCUT2D eigenvalue weighted by Gasteiger charge is 2.09. The number of benzene rings is 1. The smallest absolute Gasteiger partial charge is 0.315 e. The number of urea groups is 1. The van der Waals surface area contributed by atoms with E-state index in [0.717, 1.165) is 24.8 Å². The van der Waals surface area contributed by atoms with Gasteiger partial charge in [-0.1, -0.05) is 25.1 Å². The Morgan fingerprint density at radius 3 is 2.95 bits per heavy atom. The second-order valence-electron chi connectivity index (χ2n) is 5.48. The van der Waals surface area contributed by atoms with Crippen LogP contribution in [0.25, 0.3) is 10.9 Å². The van der Waals surface area contributed by atoms with Crippen molar-refractivity contribution >= 4 is 16.9 Å². The number of nitrogens with one attached hydrogen (secondary N) is 3. The molecule has 0 saturated carbocycles. The van der Waals surface area contributed by atoms with Gasteiger partial charge < -0.3 is 20.7 Å². The first kappa shape index (κ1) is 16.4. The molecule has 5 heteroatoms. The molecular formula is C17H25N3O2. The van der Waals surface area contributed by atoms with Crippen LogP contribution in [0.5, 0.6) is 0 Å².